The van der Waals surface area contributed by atoms with Crippen LogP contribution in [0.3, 0.4) is 0 Å². The van der Waals surface area contributed by atoms with E-state index in [0.717, 1.165) is 16.9 Å². The predicted octanol–water partition coefficient (Wildman–Crippen LogP) is 3.60. The van der Waals surface area contributed by atoms with Crippen LogP contribution in [-0.4, -0.2) is 15.3 Å². The zero-order chi connectivity index (χ0) is 15.7. The monoisotopic (exact) mass is 297 g/mol. The maximum Gasteiger partial charge on any atom is 0.274 e. The SMILES string of the molecule is CCc1nc2cc(C)ccn2c1C(=O)Nc1ccc(F)cc1. The average Bonchev–Trinajstić information content (AvgIpc) is 2.87. The molecular weight excluding hydrogens is 281 g/mol. The van der Waals surface area contributed by atoms with E-state index in [-0.39, 0.29) is 11.7 Å². The smallest absolute Gasteiger partial charge is 0.274 e. The number of aromatic nitrogens is 2. The second kappa shape index (κ2) is 5.60. The average molecular weight is 297 g/mol. The second-order valence-electron chi connectivity index (χ2n) is 5.15. The molecule has 0 aliphatic rings. The van der Waals surface area contributed by atoms with E-state index < -0.39 is 0 Å². The van der Waals surface area contributed by atoms with Gasteiger partial charge in [0.1, 0.15) is 17.2 Å². The Bertz CT molecular complexity index is 837. The Morgan fingerprint density at radius 1 is 1.27 bits per heavy atom. The molecule has 1 amide bonds. The van der Waals surface area contributed by atoms with Crippen molar-refractivity contribution < 1.29 is 9.18 Å². The van der Waals surface area contributed by atoms with Crippen molar-refractivity contribution in [3.63, 3.8) is 0 Å². The molecule has 2 heterocycles. The van der Waals surface area contributed by atoms with Crippen molar-refractivity contribution in [1.82, 2.24) is 9.38 Å². The standard InChI is InChI=1S/C17H16FN3O/c1-3-14-16(21-9-8-11(2)10-15(21)20-14)17(22)19-13-6-4-12(18)5-7-13/h4-10H,3H2,1-2H3,(H,19,22). The molecule has 2 aromatic heterocycles. The Morgan fingerprint density at radius 2 is 2.00 bits per heavy atom. The number of rotatable bonds is 3. The summed E-state index contributed by atoms with van der Waals surface area (Å²) in [6, 6.07) is 9.57. The van der Waals surface area contributed by atoms with Crippen LogP contribution < -0.4 is 5.32 Å². The fourth-order valence-corrected chi connectivity index (χ4v) is 2.41. The number of aryl methyl sites for hydroxylation is 2. The molecule has 0 aliphatic heterocycles. The molecule has 0 fully saturated rings. The van der Waals surface area contributed by atoms with E-state index >= 15 is 0 Å². The topological polar surface area (TPSA) is 46.4 Å². The maximum absolute atomic E-state index is 12.9. The predicted molar refractivity (Wildman–Crippen MR) is 83.7 cm³/mol. The van der Waals surface area contributed by atoms with Crippen LogP contribution in [0.4, 0.5) is 10.1 Å². The molecule has 1 N–H and O–H groups in total. The number of amides is 1. The number of carbonyl (C=O) groups is 1. The maximum atomic E-state index is 12.9. The van der Waals surface area contributed by atoms with Gasteiger partial charge >= 0.3 is 0 Å². The highest BCUT2D eigenvalue weighted by Crippen LogP contribution is 2.17. The Labute approximate surface area is 127 Å². The van der Waals surface area contributed by atoms with Gasteiger partial charge in [0.15, 0.2) is 0 Å². The number of hydrogen-bond acceptors (Lipinski definition) is 2. The molecule has 3 aromatic rings. The lowest BCUT2D eigenvalue weighted by molar-refractivity contribution is 0.102. The Kier molecular flexibility index (Phi) is 3.63. The van der Waals surface area contributed by atoms with Gasteiger partial charge in [0.05, 0.1) is 5.69 Å². The molecule has 0 saturated heterocycles. The van der Waals surface area contributed by atoms with Crippen LogP contribution in [0.5, 0.6) is 0 Å². The van der Waals surface area contributed by atoms with Crippen molar-refractivity contribution in [1.29, 1.82) is 0 Å². The summed E-state index contributed by atoms with van der Waals surface area (Å²) in [7, 11) is 0. The van der Waals surface area contributed by atoms with Crippen molar-refractivity contribution in [3.05, 3.63) is 65.4 Å². The third-order valence-corrected chi connectivity index (χ3v) is 3.51. The normalized spacial score (nSPS) is 10.9. The summed E-state index contributed by atoms with van der Waals surface area (Å²) in [5.41, 5.74) is 3.65. The molecular formula is C17H16FN3O. The van der Waals surface area contributed by atoms with Crippen molar-refractivity contribution >= 4 is 17.2 Å². The molecule has 1 aromatic carbocycles. The Morgan fingerprint density at radius 3 is 2.68 bits per heavy atom. The lowest BCUT2D eigenvalue weighted by atomic mass is 10.2. The van der Waals surface area contributed by atoms with Crippen molar-refractivity contribution in [2.24, 2.45) is 0 Å². The van der Waals surface area contributed by atoms with E-state index in [0.29, 0.717) is 17.8 Å². The van der Waals surface area contributed by atoms with Crippen LogP contribution in [0.15, 0.2) is 42.6 Å². The minimum Gasteiger partial charge on any atom is -0.321 e. The molecule has 22 heavy (non-hydrogen) atoms. The lowest BCUT2D eigenvalue weighted by Gasteiger charge is -2.07. The van der Waals surface area contributed by atoms with Gasteiger partial charge in [-0.05, 0) is 55.3 Å². The van der Waals surface area contributed by atoms with Gasteiger partial charge in [-0.1, -0.05) is 6.92 Å². The van der Waals surface area contributed by atoms with Crippen LogP contribution in [0.1, 0.15) is 28.7 Å². The fourth-order valence-electron chi connectivity index (χ4n) is 2.41. The summed E-state index contributed by atoms with van der Waals surface area (Å²) < 4.78 is 14.7. The number of hydrogen-bond donors (Lipinski definition) is 1. The van der Waals surface area contributed by atoms with Gasteiger partial charge in [-0.2, -0.15) is 0 Å². The first-order valence-corrected chi connectivity index (χ1v) is 7.13. The van der Waals surface area contributed by atoms with Crippen LogP contribution in [-0.2, 0) is 6.42 Å². The van der Waals surface area contributed by atoms with E-state index in [4.69, 9.17) is 0 Å². The van der Waals surface area contributed by atoms with E-state index in [1.807, 2.05) is 32.2 Å². The molecule has 3 rings (SSSR count). The number of imidazole rings is 1. The van der Waals surface area contributed by atoms with E-state index in [2.05, 4.69) is 10.3 Å². The van der Waals surface area contributed by atoms with Crippen LogP contribution in [0, 0.1) is 12.7 Å². The molecule has 112 valence electrons. The largest absolute Gasteiger partial charge is 0.321 e. The molecule has 0 spiro atoms. The number of benzene rings is 1. The summed E-state index contributed by atoms with van der Waals surface area (Å²) in [6.07, 6.45) is 2.50. The van der Waals surface area contributed by atoms with E-state index in [9.17, 15) is 9.18 Å². The van der Waals surface area contributed by atoms with Gasteiger partial charge in [-0.15, -0.1) is 0 Å². The molecule has 0 atom stereocenters. The zero-order valence-electron chi connectivity index (χ0n) is 12.4. The molecule has 4 nitrogen and oxygen atoms in total. The molecule has 0 saturated carbocycles. The third-order valence-electron chi connectivity index (χ3n) is 3.51. The zero-order valence-corrected chi connectivity index (χ0v) is 12.4. The molecule has 0 radical (unpaired) electrons. The summed E-state index contributed by atoms with van der Waals surface area (Å²) in [5, 5.41) is 2.79. The highest BCUT2D eigenvalue weighted by Gasteiger charge is 2.18. The summed E-state index contributed by atoms with van der Waals surface area (Å²) in [6.45, 7) is 3.95. The second-order valence-corrected chi connectivity index (χ2v) is 5.15. The highest BCUT2D eigenvalue weighted by atomic mass is 19.1. The molecule has 0 aliphatic carbocycles. The first kappa shape index (κ1) is 14.3. The first-order chi connectivity index (χ1) is 10.6. The van der Waals surface area contributed by atoms with Crippen molar-refractivity contribution in [3.8, 4) is 0 Å². The lowest BCUT2D eigenvalue weighted by Crippen LogP contribution is -2.16. The van der Waals surface area contributed by atoms with E-state index in [1.165, 1.54) is 24.3 Å². The number of carbonyl (C=O) groups excluding carboxylic acids is 1. The van der Waals surface area contributed by atoms with Gasteiger partial charge in [0.25, 0.3) is 5.91 Å². The number of anilines is 1. The first-order valence-electron chi connectivity index (χ1n) is 7.13. The summed E-state index contributed by atoms with van der Waals surface area (Å²) >= 11 is 0. The third kappa shape index (κ3) is 2.57. The quantitative estimate of drug-likeness (QED) is 0.803. The number of pyridine rings is 1. The Hall–Kier alpha value is -2.69. The fraction of sp³-hybridized carbons (Fsp3) is 0.176. The van der Waals surface area contributed by atoms with Gasteiger partial charge in [-0.3, -0.25) is 9.20 Å². The number of fused-ring (bicyclic) bond motifs is 1. The van der Waals surface area contributed by atoms with Gasteiger partial charge in [0, 0.05) is 11.9 Å². The number of nitrogens with one attached hydrogen (secondary N) is 1. The van der Waals surface area contributed by atoms with Crippen molar-refractivity contribution in [2.45, 2.75) is 20.3 Å². The number of nitrogens with zero attached hydrogens (tertiary/aromatic N) is 2. The van der Waals surface area contributed by atoms with E-state index in [1.54, 1.807) is 4.40 Å². The van der Waals surface area contributed by atoms with Crippen LogP contribution in [0.25, 0.3) is 5.65 Å². The summed E-state index contributed by atoms with van der Waals surface area (Å²) in [4.78, 5) is 17.1. The molecule has 5 heteroatoms. The molecule has 0 bridgehead atoms. The Balaban J connectivity index is 2.00. The van der Waals surface area contributed by atoms with Crippen LogP contribution >= 0.6 is 0 Å². The van der Waals surface area contributed by atoms with Gasteiger partial charge in [-0.25, -0.2) is 9.37 Å². The van der Waals surface area contributed by atoms with Crippen molar-refractivity contribution in [2.75, 3.05) is 5.32 Å². The van der Waals surface area contributed by atoms with Gasteiger partial charge < -0.3 is 5.32 Å². The highest BCUT2D eigenvalue weighted by molar-refractivity contribution is 6.04. The minimum atomic E-state index is -0.336. The minimum absolute atomic E-state index is 0.250. The summed E-state index contributed by atoms with van der Waals surface area (Å²) in [5.74, 6) is -0.586. The number of halogens is 1. The molecule has 0 unspecified atom stereocenters. The van der Waals surface area contributed by atoms with Crippen LogP contribution in [0.2, 0.25) is 0 Å². The van der Waals surface area contributed by atoms with Gasteiger partial charge in [0.2, 0.25) is 0 Å².